The Morgan fingerprint density at radius 2 is 2.00 bits per heavy atom. The molecule has 0 aromatic heterocycles. The Balaban J connectivity index is 2.14. The highest BCUT2D eigenvalue weighted by Crippen LogP contribution is 2.24. The fourth-order valence-corrected chi connectivity index (χ4v) is 2.54. The van der Waals surface area contributed by atoms with Crippen LogP contribution < -0.4 is 5.32 Å². The second kappa shape index (κ2) is 7.83. The van der Waals surface area contributed by atoms with Crippen LogP contribution in [-0.4, -0.2) is 54.9 Å². The molecule has 1 aliphatic carbocycles. The molecule has 1 aliphatic rings. The molecule has 0 saturated heterocycles. The second-order valence-electron chi connectivity index (χ2n) is 5.48. The van der Waals surface area contributed by atoms with Crippen molar-refractivity contribution >= 4 is 5.91 Å². The largest absolute Gasteiger partial charge is 0.471 e. The SMILES string of the molecule is CN(CCCNC(=O)C(F)(F)F)CC1CCCCC1O. The lowest BCUT2D eigenvalue weighted by molar-refractivity contribution is -0.173. The summed E-state index contributed by atoms with van der Waals surface area (Å²) in [6.45, 7) is 1.35. The highest BCUT2D eigenvalue weighted by atomic mass is 19.4. The Kier molecular flexibility index (Phi) is 6.75. The normalized spacial score (nSPS) is 23.9. The molecule has 20 heavy (non-hydrogen) atoms. The van der Waals surface area contributed by atoms with Crippen molar-refractivity contribution in [2.45, 2.75) is 44.4 Å². The highest BCUT2D eigenvalue weighted by molar-refractivity contribution is 5.81. The van der Waals surface area contributed by atoms with E-state index in [1.54, 1.807) is 0 Å². The van der Waals surface area contributed by atoms with Crippen molar-refractivity contribution in [1.82, 2.24) is 10.2 Å². The lowest BCUT2D eigenvalue weighted by Gasteiger charge is -2.31. The maximum atomic E-state index is 11.9. The molecule has 0 spiro atoms. The molecular formula is C13H23F3N2O2. The van der Waals surface area contributed by atoms with E-state index in [4.69, 9.17) is 0 Å². The molecule has 0 radical (unpaired) electrons. The molecule has 0 aliphatic heterocycles. The molecule has 2 unspecified atom stereocenters. The third-order valence-electron chi connectivity index (χ3n) is 3.67. The van der Waals surface area contributed by atoms with Gasteiger partial charge in [-0.3, -0.25) is 4.79 Å². The first kappa shape index (κ1) is 17.2. The van der Waals surface area contributed by atoms with E-state index in [0.29, 0.717) is 13.0 Å². The average Bonchev–Trinajstić information content (AvgIpc) is 2.36. The van der Waals surface area contributed by atoms with E-state index in [0.717, 1.165) is 32.2 Å². The van der Waals surface area contributed by atoms with Gasteiger partial charge in [0.25, 0.3) is 0 Å². The monoisotopic (exact) mass is 296 g/mol. The van der Waals surface area contributed by atoms with Gasteiger partial charge < -0.3 is 15.3 Å². The van der Waals surface area contributed by atoms with Gasteiger partial charge in [0.05, 0.1) is 6.10 Å². The smallest absolute Gasteiger partial charge is 0.393 e. The fraction of sp³-hybridized carbons (Fsp3) is 0.923. The zero-order valence-corrected chi connectivity index (χ0v) is 11.7. The van der Waals surface area contributed by atoms with Crippen LogP contribution in [0.4, 0.5) is 13.2 Å². The van der Waals surface area contributed by atoms with Crippen molar-refractivity contribution in [3.8, 4) is 0 Å². The topological polar surface area (TPSA) is 52.6 Å². The molecule has 0 aromatic carbocycles. The Hall–Kier alpha value is -0.820. The first-order chi connectivity index (χ1) is 9.30. The van der Waals surface area contributed by atoms with Gasteiger partial charge in [-0.25, -0.2) is 0 Å². The summed E-state index contributed by atoms with van der Waals surface area (Å²) in [5.41, 5.74) is 0. The predicted octanol–water partition coefficient (Wildman–Crippen LogP) is 1.54. The van der Waals surface area contributed by atoms with Crippen molar-refractivity contribution in [3.63, 3.8) is 0 Å². The van der Waals surface area contributed by atoms with E-state index in [1.165, 1.54) is 0 Å². The molecule has 118 valence electrons. The summed E-state index contributed by atoms with van der Waals surface area (Å²) < 4.78 is 35.8. The highest BCUT2D eigenvalue weighted by Gasteiger charge is 2.38. The number of alkyl halides is 3. The zero-order chi connectivity index (χ0) is 15.2. The van der Waals surface area contributed by atoms with Crippen LogP contribution in [0.1, 0.15) is 32.1 Å². The van der Waals surface area contributed by atoms with Gasteiger partial charge in [-0.05, 0) is 38.8 Å². The number of aliphatic hydroxyl groups excluding tert-OH is 1. The molecule has 1 saturated carbocycles. The van der Waals surface area contributed by atoms with Gasteiger partial charge in [-0.2, -0.15) is 13.2 Å². The van der Waals surface area contributed by atoms with Crippen molar-refractivity contribution in [2.24, 2.45) is 5.92 Å². The maximum Gasteiger partial charge on any atom is 0.471 e. The van der Waals surface area contributed by atoms with Crippen molar-refractivity contribution in [1.29, 1.82) is 0 Å². The number of halogens is 3. The molecular weight excluding hydrogens is 273 g/mol. The van der Waals surface area contributed by atoms with E-state index >= 15 is 0 Å². The molecule has 1 amide bonds. The molecule has 1 fully saturated rings. The molecule has 4 nitrogen and oxygen atoms in total. The van der Waals surface area contributed by atoms with E-state index in [2.05, 4.69) is 0 Å². The summed E-state index contributed by atoms with van der Waals surface area (Å²) in [7, 11) is 1.88. The Morgan fingerprint density at radius 3 is 2.60 bits per heavy atom. The van der Waals surface area contributed by atoms with Crippen molar-refractivity contribution in [2.75, 3.05) is 26.7 Å². The number of hydrogen-bond acceptors (Lipinski definition) is 3. The summed E-state index contributed by atoms with van der Waals surface area (Å²) in [5.74, 6) is -1.64. The molecule has 1 rings (SSSR count). The first-order valence-electron chi connectivity index (χ1n) is 7.02. The lowest BCUT2D eigenvalue weighted by Crippen LogP contribution is -2.39. The molecule has 0 heterocycles. The van der Waals surface area contributed by atoms with Crippen LogP contribution in [0, 0.1) is 5.92 Å². The van der Waals surface area contributed by atoms with Crippen LogP contribution in [-0.2, 0) is 4.79 Å². The Labute approximate surface area is 117 Å². The van der Waals surface area contributed by atoms with Crippen LogP contribution in [0.25, 0.3) is 0 Å². The summed E-state index contributed by atoms with van der Waals surface area (Å²) in [4.78, 5) is 12.6. The first-order valence-corrected chi connectivity index (χ1v) is 7.02. The molecule has 0 aromatic rings. The number of hydrogen-bond donors (Lipinski definition) is 2. The van der Waals surface area contributed by atoms with Gasteiger partial charge in [0.1, 0.15) is 0 Å². The predicted molar refractivity (Wildman–Crippen MR) is 69.1 cm³/mol. The number of carbonyl (C=O) groups excluding carboxylic acids is 1. The fourth-order valence-electron chi connectivity index (χ4n) is 2.54. The number of rotatable bonds is 6. The number of carbonyl (C=O) groups is 1. The number of aliphatic hydroxyl groups is 1. The van der Waals surface area contributed by atoms with Crippen LogP contribution in [0.15, 0.2) is 0 Å². The Bertz CT molecular complexity index is 310. The van der Waals surface area contributed by atoms with Gasteiger partial charge >= 0.3 is 12.1 Å². The lowest BCUT2D eigenvalue weighted by atomic mass is 9.86. The van der Waals surface area contributed by atoms with Gasteiger partial charge in [0, 0.05) is 13.1 Å². The summed E-state index contributed by atoms with van der Waals surface area (Å²) in [6.07, 6.45) is -0.603. The van der Waals surface area contributed by atoms with E-state index < -0.39 is 12.1 Å². The van der Waals surface area contributed by atoms with E-state index in [9.17, 15) is 23.1 Å². The Morgan fingerprint density at radius 1 is 1.35 bits per heavy atom. The minimum atomic E-state index is -4.81. The number of nitrogens with one attached hydrogen (secondary N) is 1. The summed E-state index contributed by atoms with van der Waals surface area (Å²) in [5, 5.41) is 11.7. The van der Waals surface area contributed by atoms with Gasteiger partial charge in [-0.1, -0.05) is 12.8 Å². The van der Waals surface area contributed by atoms with Crippen LogP contribution in [0.5, 0.6) is 0 Å². The zero-order valence-electron chi connectivity index (χ0n) is 11.7. The molecule has 2 N–H and O–H groups in total. The summed E-state index contributed by atoms with van der Waals surface area (Å²) in [6, 6.07) is 0. The third kappa shape index (κ3) is 6.09. The maximum absolute atomic E-state index is 11.9. The van der Waals surface area contributed by atoms with Crippen LogP contribution in [0.3, 0.4) is 0 Å². The van der Waals surface area contributed by atoms with Crippen LogP contribution >= 0.6 is 0 Å². The molecule has 2 atom stereocenters. The van der Waals surface area contributed by atoms with Gasteiger partial charge in [0.15, 0.2) is 0 Å². The molecule has 0 bridgehead atoms. The van der Waals surface area contributed by atoms with E-state index in [-0.39, 0.29) is 18.6 Å². The van der Waals surface area contributed by atoms with Gasteiger partial charge in [0.2, 0.25) is 0 Å². The number of nitrogens with zero attached hydrogens (tertiary/aromatic N) is 1. The third-order valence-corrected chi connectivity index (χ3v) is 3.67. The quantitative estimate of drug-likeness (QED) is 0.731. The standard InChI is InChI=1S/C13H23F3N2O2/c1-18(9-10-5-2-3-6-11(10)19)8-4-7-17-12(20)13(14,15)16/h10-11,19H,2-9H2,1H3,(H,17,20). The average molecular weight is 296 g/mol. The summed E-state index contributed by atoms with van der Waals surface area (Å²) >= 11 is 0. The minimum Gasteiger partial charge on any atom is -0.393 e. The minimum absolute atomic E-state index is 0.00982. The van der Waals surface area contributed by atoms with Crippen molar-refractivity contribution < 1.29 is 23.1 Å². The van der Waals surface area contributed by atoms with Gasteiger partial charge in [-0.15, -0.1) is 0 Å². The van der Waals surface area contributed by atoms with Crippen LogP contribution in [0.2, 0.25) is 0 Å². The second-order valence-corrected chi connectivity index (χ2v) is 5.48. The molecule has 7 heteroatoms. The number of amides is 1. The van der Waals surface area contributed by atoms with Crippen molar-refractivity contribution in [3.05, 3.63) is 0 Å². The van der Waals surface area contributed by atoms with E-state index in [1.807, 2.05) is 17.3 Å².